The second-order valence-corrected chi connectivity index (χ2v) is 33.6. The predicted molar refractivity (Wildman–Crippen MR) is 383 cm³/mol. The van der Waals surface area contributed by atoms with Gasteiger partial charge in [-0.25, -0.2) is 0 Å². The first-order chi connectivity index (χ1) is 42.3. The van der Waals surface area contributed by atoms with Crippen molar-refractivity contribution in [1.29, 1.82) is 0 Å². The summed E-state index contributed by atoms with van der Waals surface area (Å²) in [6, 6.07) is 68.5. The van der Waals surface area contributed by atoms with Gasteiger partial charge in [0.05, 0.1) is 11.2 Å². The molecule has 1 saturated carbocycles. The third-order valence-electron chi connectivity index (χ3n) is 25.0. The average Bonchev–Trinajstić information content (AvgIpc) is 1.55. The van der Waals surface area contributed by atoms with Gasteiger partial charge in [-0.2, -0.15) is 0 Å². The van der Waals surface area contributed by atoms with E-state index in [0.717, 1.165) is 32.1 Å². The van der Waals surface area contributed by atoms with Crippen molar-refractivity contribution in [3.63, 3.8) is 0 Å². The third kappa shape index (κ3) is 7.46. The molecule has 1 fully saturated rings. The molecular formula is C84H86BN3S. The van der Waals surface area contributed by atoms with Gasteiger partial charge in [-0.1, -0.05) is 206 Å². The van der Waals surface area contributed by atoms with E-state index >= 15 is 0 Å². The molecule has 89 heavy (non-hydrogen) atoms. The summed E-state index contributed by atoms with van der Waals surface area (Å²) < 4.78 is 2.65. The maximum absolute atomic E-state index is 2.89. The Balaban J connectivity index is 1.05. The van der Waals surface area contributed by atoms with Crippen LogP contribution >= 0.6 is 11.3 Å². The van der Waals surface area contributed by atoms with E-state index in [-0.39, 0.29) is 50.2 Å². The molecule has 446 valence electrons. The molecule has 2 atom stereocenters. The molecule has 3 aliphatic heterocycles. The highest BCUT2D eigenvalue weighted by molar-refractivity contribution is 7.26. The number of rotatable bonds is 4. The summed E-state index contributed by atoms with van der Waals surface area (Å²) in [6.07, 6.45) is 9.33. The Morgan fingerprint density at radius 1 is 0.348 bits per heavy atom. The van der Waals surface area contributed by atoms with Crippen LogP contribution in [0, 0.1) is 0 Å². The zero-order valence-electron chi connectivity index (χ0n) is 55.1. The topological polar surface area (TPSA) is 9.72 Å². The van der Waals surface area contributed by atoms with Gasteiger partial charge < -0.3 is 14.7 Å². The van der Waals surface area contributed by atoms with Crippen molar-refractivity contribution in [3.8, 4) is 11.1 Å². The zero-order chi connectivity index (χ0) is 61.5. The van der Waals surface area contributed by atoms with E-state index in [1.165, 1.54) is 163 Å². The van der Waals surface area contributed by atoms with Crippen LogP contribution in [-0.4, -0.2) is 12.3 Å². The lowest BCUT2D eigenvalue weighted by atomic mass is 9.32. The SMILES string of the molecule is CC1(C)CCC(C)(C)c2cc(N3c4cc5c(cc4B4c6cc7c(cc6N(c6cccc8sc9ccccc9c68)c6cc(N8c9ccc(-c%10ccccc%10)cc9C9(C)CCCCC89C)cc3c64)C(C)(C)c3ccccc3C7(C)C)C(C)(C)CCC5(C)C)ccc21. The molecule has 0 amide bonds. The fourth-order valence-corrected chi connectivity index (χ4v) is 20.4. The van der Waals surface area contributed by atoms with Gasteiger partial charge in [-0.05, 0) is 211 Å². The van der Waals surface area contributed by atoms with E-state index < -0.39 is 0 Å². The Labute approximate surface area is 534 Å². The highest BCUT2D eigenvalue weighted by Crippen LogP contribution is 2.64. The number of nitrogens with zero attached hydrogens (tertiary/aromatic N) is 3. The molecule has 0 N–H and O–H groups in total. The first kappa shape index (κ1) is 55.7. The Morgan fingerprint density at radius 3 is 1.60 bits per heavy atom. The molecule has 2 unspecified atom stereocenters. The molecule has 3 nitrogen and oxygen atoms in total. The van der Waals surface area contributed by atoms with Crippen LogP contribution in [0.5, 0.6) is 0 Å². The molecule has 4 aliphatic carbocycles. The van der Waals surface area contributed by atoms with Crippen molar-refractivity contribution >= 4 is 100 Å². The second-order valence-electron chi connectivity index (χ2n) is 32.5. The van der Waals surface area contributed by atoms with Crippen LogP contribution in [0.3, 0.4) is 0 Å². The number of fused-ring (bicyclic) bond motifs is 14. The molecule has 1 aromatic heterocycles. The first-order valence-electron chi connectivity index (χ1n) is 33.7. The minimum absolute atomic E-state index is 0.00449. The van der Waals surface area contributed by atoms with Crippen LogP contribution in [0.2, 0.25) is 0 Å². The van der Waals surface area contributed by atoms with Crippen molar-refractivity contribution in [2.75, 3.05) is 14.7 Å². The largest absolute Gasteiger partial charge is 0.334 e. The lowest BCUT2D eigenvalue weighted by Gasteiger charge is -2.52. The van der Waals surface area contributed by atoms with Crippen LogP contribution in [0.1, 0.15) is 198 Å². The summed E-state index contributed by atoms with van der Waals surface area (Å²) in [7, 11) is 0. The smallest absolute Gasteiger partial charge is 0.252 e. The monoisotopic (exact) mass is 1180 g/mol. The van der Waals surface area contributed by atoms with Crippen molar-refractivity contribution < 1.29 is 0 Å². The van der Waals surface area contributed by atoms with E-state index in [1.807, 2.05) is 11.3 Å². The molecule has 0 spiro atoms. The lowest BCUT2D eigenvalue weighted by molar-refractivity contribution is 0.195. The van der Waals surface area contributed by atoms with Crippen molar-refractivity contribution in [3.05, 3.63) is 220 Å². The fraction of sp³-hybridized carbons (Fsp3) is 0.357. The average molecular weight is 1180 g/mol. The lowest BCUT2D eigenvalue weighted by Crippen LogP contribution is -2.62. The molecule has 0 saturated heterocycles. The van der Waals surface area contributed by atoms with Crippen LogP contribution in [-0.2, 0) is 37.9 Å². The van der Waals surface area contributed by atoms with Gasteiger partial charge in [0.1, 0.15) is 0 Å². The van der Waals surface area contributed by atoms with Crippen LogP contribution in [0.25, 0.3) is 31.3 Å². The highest BCUT2D eigenvalue weighted by Gasteiger charge is 2.59. The van der Waals surface area contributed by atoms with Gasteiger partial charge in [-0.3, -0.25) is 0 Å². The molecule has 9 aromatic carbocycles. The van der Waals surface area contributed by atoms with E-state index in [1.54, 1.807) is 0 Å². The number of hydrogen-bond acceptors (Lipinski definition) is 4. The van der Waals surface area contributed by atoms with Crippen LogP contribution < -0.4 is 31.1 Å². The molecule has 5 heteroatoms. The standard InChI is InChI=1S/C84H86BN3S/c1-77(2)39-40-78(3,4)59-44-53(34-35-56(59)77)86-69-49-61-60(79(5,6)41-42-80(61,7)8)47-65(69)85-66-48-62-63(82(11,12)58-29-20-19-28-57(58)81(62,9)10)50-70(66)87(68-30-24-32-74-75(68)55-27-18-21-31-73(55)89-74)72-46-54(45-71(86)76(72)85)88-67-36-33-52(51-25-16-15-17-26-51)43-64(67)83(13)37-22-23-38-84(83,88)14/h15-21,24-36,43-50H,22-23,37-42H2,1-14H3. The van der Waals surface area contributed by atoms with Gasteiger partial charge >= 0.3 is 0 Å². The number of hydrogen-bond donors (Lipinski definition) is 0. The second kappa shape index (κ2) is 18.2. The zero-order valence-corrected chi connectivity index (χ0v) is 56.0. The van der Waals surface area contributed by atoms with Crippen molar-refractivity contribution in [2.24, 2.45) is 0 Å². The van der Waals surface area contributed by atoms with Gasteiger partial charge in [-0.15, -0.1) is 11.3 Å². The predicted octanol–water partition coefficient (Wildman–Crippen LogP) is 21.2. The number of anilines is 8. The number of benzene rings is 9. The number of thiophene rings is 1. The van der Waals surface area contributed by atoms with Gasteiger partial charge in [0.25, 0.3) is 6.71 Å². The Bertz CT molecular complexity index is 4700. The first-order valence-corrected chi connectivity index (χ1v) is 34.5. The maximum atomic E-state index is 2.89. The van der Waals surface area contributed by atoms with E-state index in [0.29, 0.717) is 0 Å². The summed E-state index contributed by atoms with van der Waals surface area (Å²) in [5.41, 5.74) is 29.6. The van der Waals surface area contributed by atoms with Crippen molar-refractivity contribution in [2.45, 2.75) is 192 Å². The Kier molecular flexibility index (Phi) is 11.4. The van der Waals surface area contributed by atoms with Crippen LogP contribution in [0.4, 0.5) is 45.5 Å². The normalized spacial score (nSPS) is 22.9. The summed E-state index contributed by atoms with van der Waals surface area (Å²) >= 11 is 1.93. The molecule has 7 aliphatic rings. The van der Waals surface area contributed by atoms with Gasteiger partial charge in [0.15, 0.2) is 0 Å². The molecule has 0 radical (unpaired) electrons. The highest BCUT2D eigenvalue weighted by atomic mass is 32.1. The van der Waals surface area contributed by atoms with E-state index in [9.17, 15) is 0 Å². The van der Waals surface area contributed by atoms with Crippen molar-refractivity contribution in [1.82, 2.24) is 0 Å². The molecule has 0 bridgehead atoms. The van der Waals surface area contributed by atoms with E-state index in [4.69, 9.17) is 0 Å². The summed E-state index contributed by atoms with van der Waals surface area (Å²) in [6.45, 7) is 35.3. The van der Waals surface area contributed by atoms with Crippen LogP contribution in [0.15, 0.2) is 170 Å². The summed E-state index contributed by atoms with van der Waals surface area (Å²) in [4.78, 5) is 8.51. The molecule has 4 heterocycles. The minimum atomic E-state index is -0.265. The van der Waals surface area contributed by atoms with Gasteiger partial charge in [0, 0.05) is 76.2 Å². The maximum Gasteiger partial charge on any atom is 0.252 e. The Morgan fingerprint density at radius 2 is 0.899 bits per heavy atom. The molecular weight excluding hydrogens is 1090 g/mol. The minimum Gasteiger partial charge on any atom is -0.334 e. The summed E-state index contributed by atoms with van der Waals surface area (Å²) in [5, 5.41) is 2.65. The fourth-order valence-electron chi connectivity index (χ4n) is 19.3. The molecule has 17 rings (SSSR count). The quantitative estimate of drug-likeness (QED) is 0.163. The third-order valence-corrected chi connectivity index (χ3v) is 26.1. The molecule has 10 aromatic rings. The summed E-state index contributed by atoms with van der Waals surface area (Å²) in [5.74, 6) is 0. The van der Waals surface area contributed by atoms with E-state index in [2.05, 4.69) is 281 Å². The van der Waals surface area contributed by atoms with Gasteiger partial charge in [0.2, 0.25) is 0 Å². The Hall–Kier alpha value is -7.34.